The number of carbonyl (C=O) groups excluding carboxylic acids is 1. The number of hydrogen-bond acceptors (Lipinski definition) is 1. The molecule has 0 atom stereocenters. The SMILES string of the molecule is [2H]c1ccc(C(=O)Nc2ccccc2)cc1[2H]. The highest BCUT2D eigenvalue weighted by atomic mass is 16.1. The van der Waals surface area contributed by atoms with Gasteiger partial charge in [0.15, 0.2) is 0 Å². The summed E-state index contributed by atoms with van der Waals surface area (Å²) in [4.78, 5) is 11.8. The van der Waals surface area contributed by atoms with E-state index in [0.717, 1.165) is 0 Å². The van der Waals surface area contributed by atoms with Crippen molar-refractivity contribution in [2.24, 2.45) is 0 Å². The van der Waals surface area contributed by atoms with E-state index in [9.17, 15) is 4.79 Å². The molecule has 2 aromatic carbocycles. The third kappa shape index (κ3) is 2.44. The lowest BCUT2D eigenvalue weighted by atomic mass is 10.2. The molecule has 2 heteroatoms. The van der Waals surface area contributed by atoms with Gasteiger partial charge in [-0.3, -0.25) is 4.79 Å². The second-order valence-electron chi connectivity index (χ2n) is 3.04. The highest BCUT2D eigenvalue weighted by Crippen LogP contribution is 2.07. The van der Waals surface area contributed by atoms with Gasteiger partial charge in [0.25, 0.3) is 5.91 Å². The van der Waals surface area contributed by atoms with Crippen LogP contribution in [0.3, 0.4) is 0 Å². The van der Waals surface area contributed by atoms with Gasteiger partial charge < -0.3 is 5.32 Å². The van der Waals surface area contributed by atoms with Crippen LogP contribution >= 0.6 is 0 Å². The lowest BCUT2D eigenvalue weighted by Crippen LogP contribution is -2.11. The van der Waals surface area contributed by atoms with Crippen molar-refractivity contribution in [2.45, 2.75) is 0 Å². The number of anilines is 1. The van der Waals surface area contributed by atoms with Crippen LogP contribution in [0.5, 0.6) is 0 Å². The summed E-state index contributed by atoms with van der Waals surface area (Å²) in [7, 11) is 0. The van der Waals surface area contributed by atoms with Crippen molar-refractivity contribution in [3.63, 3.8) is 0 Å². The lowest BCUT2D eigenvalue weighted by Gasteiger charge is -2.03. The molecule has 0 bridgehead atoms. The summed E-state index contributed by atoms with van der Waals surface area (Å²) in [6, 6.07) is 13.6. The number of carbonyl (C=O) groups is 1. The topological polar surface area (TPSA) is 29.1 Å². The Balaban J connectivity index is 2.18. The Kier molecular flexibility index (Phi) is 2.13. The van der Waals surface area contributed by atoms with Crippen LogP contribution < -0.4 is 5.32 Å². The minimum atomic E-state index is -0.273. The Hall–Kier alpha value is -2.09. The van der Waals surface area contributed by atoms with Gasteiger partial charge in [-0.2, -0.15) is 0 Å². The van der Waals surface area contributed by atoms with Gasteiger partial charge in [0.1, 0.15) is 0 Å². The molecule has 0 spiro atoms. The second-order valence-corrected chi connectivity index (χ2v) is 3.04. The number of rotatable bonds is 2. The summed E-state index contributed by atoms with van der Waals surface area (Å²) in [6.07, 6.45) is 0. The van der Waals surface area contributed by atoms with E-state index >= 15 is 0 Å². The standard InChI is InChI=1S/C13H11NO/c15-13(11-7-3-1-4-8-11)14-12-9-5-2-6-10-12/h1-10H,(H,14,15)/i1D,3D. The van der Waals surface area contributed by atoms with Crippen LogP contribution in [0.25, 0.3) is 0 Å². The van der Waals surface area contributed by atoms with Crippen molar-refractivity contribution in [3.05, 3.63) is 66.2 Å². The minimum absolute atomic E-state index is 0.0470. The number of nitrogens with one attached hydrogen (secondary N) is 1. The van der Waals surface area contributed by atoms with E-state index in [-0.39, 0.29) is 18.0 Å². The van der Waals surface area contributed by atoms with E-state index in [1.165, 1.54) is 12.1 Å². The number of para-hydroxylation sites is 1. The molecule has 0 aliphatic rings. The molecule has 0 fully saturated rings. The average molecular weight is 199 g/mol. The molecule has 2 nitrogen and oxygen atoms in total. The van der Waals surface area contributed by atoms with Gasteiger partial charge in [0.2, 0.25) is 0 Å². The molecule has 15 heavy (non-hydrogen) atoms. The molecule has 2 rings (SSSR count). The molecule has 74 valence electrons. The summed E-state index contributed by atoms with van der Waals surface area (Å²) in [5, 5.41) is 2.72. The number of amides is 1. The summed E-state index contributed by atoms with van der Waals surface area (Å²) >= 11 is 0. The first kappa shape index (κ1) is 7.23. The third-order valence-corrected chi connectivity index (χ3v) is 1.95. The molecule has 0 radical (unpaired) electrons. The quantitative estimate of drug-likeness (QED) is 0.791. The van der Waals surface area contributed by atoms with E-state index < -0.39 is 0 Å². The first-order chi connectivity index (χ1) is 8.16. The van der Waals surface area contributed by atoms with Gasteiger partial charge in [0.05, 0.1) is 2.74 Å². The van der Waals surface area contributed by atoms with Gasteiger partial charge in [0, 0.05) is 11.3 Å². The maximum Gasteiger partial charge on any atom is 0.255 e. The predicted octanol–water partition coefficient (Wildman–Crippen LogP) is 2.94. The zero-order valence-electron chi connectivity index (χ0n) is 10.0. The molecule has 2 aromatic rings. The first-order valence-corrected chi connectivity index (χ1v) is 4.60. The smallest absolute Gasteiger partial charge is 0.255 e. The van der Waals surface area contributed by atoms with Crippen molar-refractivity contribution < 1.29 is 7.54 Å². The maximum atomic E-state index is 11.8. The summed E-state index contributed by atoms with van der Waals surface area (Å²) in [5.74, 6) is -0.273. The van der Waals surface area contributed by atoms with Crippen LogP contribution in [0.15, 0.2) is 60.6 Å². The van der Waals surface area contributed by atoms with Crippen molar-refractivity contribution >= 4 is 11.6 Å². The summed E-state index contributed by atoms with van der Waals surface area (Å²) < 4.78 is 14.8. The fourth-order valence-corrected chi connectivity index (χ4v) is 1.21. The van der Waals surface area contributed by atoms with Crippen LogP contribution in [0.4, 0.5) is 5.69 Å². The monoisotopic (exact) mass is 199 g/mol. The summed E-state index contributed by atoms with van der Waals surface area (Å²) in [5.41, 5.74) is 1.09. The highest BCUT2D eigenvalue weighted by molar-refractivity contribution is 6.04. The fourth-order valence-electron chi connectivity index (χ4n) is 1.21. The number of hydrogen-bond donors (Lipinski definition) is 1. The Labute approximate surface area is 91.4 Å². The highest BCUT2D eigenvalue weighted by Gasteiger charge is 2.03. The molecule has 0 saturated carbocycles. The van der Waals surface area contributed by atoms with Crippen molar-refractivity contribution in [3.8, 4) is 0 Å². The van der Waals surface area contributed by atoms with Crippen molar-refractivity contribution in [1.29, 1.82) is 0 Å². The van der Waals surface area contributed by atoms with Crippen LogP contribution in [0.2, 0.25) is 0 Å². The van der Waals surface area contributed by atoms with E-state index in [4.69, 9.17) is 2.74 Å². The zero-order valence-corrected chi connectivity index (χ0v) is 8.03. The van der Waals surface area contributed by atoms with Crippen LogP contribution in [-0.4, -0.2) is 5.91 Å². The fraction of sp³-hybridized carbons (Fsp3) is 0. The van der Waals surface area contributed by atoms with E-state index in [1.54, 1.807) is 18.2 Å². The van der Waals surface area contributed by atoms with E-state index in [0.29, 0.717) is 11.3 Å². The summed E-state index contributed by atoms with van der Waals surface area (Å²) in [6.45, 7) is 0. The van der Waals surface area contributed by atoms with Gasteiger partial charge in [-0.1, -0.05) is 36.4 Å². The Morgan fingerprint density at radius 3 is 2.53 bits per heavy atom. The predicted molar refractivity (Wildman–Crippen MR) is 60.8 cm³/mol. The van der Waals surface area contributed by atoms with Gasteiger partial charge in [-0.05, 0) is 24.3 Å². The molecule has 0 unspecified atom stereocenters. The molecule has 1 amide bonds. The van der Waals surface area contributed by atoms with Crippen LogP contribution in [0.1, 0.15) is 13.1 Å². The molecule has 0 aliphatic heterocycles. The zero-order chi connectivity index (χ0) is 12.3. The van der Waals surface area contributed by atoms with Gasteiger partial charge in [-0.25, -0.2) is 0 Å². The van der Waals surface area contributed by atoms with Crippen LogP contribution in [-0.2, 0) is 0 Å². The normalized spacial score (nSPS) is 11.5. The van der Waals surface area contributed by atoms with Crippen molar-refractivity contribution in [2.75, 3.05) is 5.32 Å². The minimum Gasteiger partial charge on any atom is -0.322 e. The molecule has 0 aromatic heterocycles. The Morgan fingerprint density at radius 2 is 1.80 bits per heavy atom. The molecule has 0 heterocycles. The van der Waals surface area contributed by atoms with Gasteiger partial charge in [-0.15, -0.1) is 0 Å². The molecular weight excluding hydrogens is 186 g/mol. The molecule has 1 N–H and O–H groups in total. The second kappa shape index (κ2) is 4.42. The lowest BCUT2D eigenvalue weighted by molar-refractivity contribution is 0.102. The van der Waals surface area contributed by atoms with Gasteiger partial charge >= 0.3 is 0 Å². The largest absolute Gasteiger partial charge is 0.322 e. The Bertz CT molecular complexity index is 540. The molecule has 0 aliphatic carbocycles. The van der Waals surface area contributed by atoms with E-state index in [2.05, 4.69) is 5.32 Å². The Morgan fingerprint density at radius 1 is 1.00 bits per heavy atom. The first-order valence-electron chi connectivity index (χ1n) is 5.60. The van der Waals surface area contributed by atoms with E-state index in [1.807, 2.05) is 18.2 Å². The van der Waals surface area contributed by atoms with Crippen molar-refractivity contribution in [1.82, 2.24) is 0 Å². The number of benzene rings is 2. The molecule has 0 saturated heterocycles. The maximum absolute atomic E-state index is 11.8. The van der Waals surface area contributed by atoms with Crippen LogP contribution in [0, 0.1) is 0 Å². The third-order valence-electron chi connectivity index (χ3n) is 1.95. The molecular formula is C13H11NO. The average Bonchev–Trinajstić information content (AvgIpc) is 2.34.